The number of amides is 1. The second kappa shape index (κ2) is 7.20. The van der Waals surface area contributed by atoms with Crippen LogP contribution in [0.4, 0.5) is 18.9 Å². The molecule has 0 aromatic heterocycles. The number of halogens is 3. The molecule has 2 aliphatic carbocycles. The lowest BCUT2D eigenvalue weighted by molar-refractivity contribution is -0.189. The van der Waals surface area contributed by atoms with Crippen molar-refractivity contribution in [2.24, 2.45) is 5.92 Å². The van der Waals surface area contributed by atoms with Crippen LogP contribution in [-0.2, 0) is 16.0 Å². The number of fused-ring (bicyclic) bond motifs is 1. The molecule has 0 saturated heterocycles. The molecule has 25 heavy (non-hydrogen) atoms. The topological polar surface area (TPSA) is 38.3 Å². The molecule has 3 rings (SSSR count). The third-order valence-corrected chi connectivity index (χ3v) is 5.12. The summed E-state index contributed by atoms with van der Waals surface area (Å²) in [6.45, 7) is 3.43. The van der Waals surface area contributed by atoms with E-state index in [9.17, 15) is 18.0 Å². The van der Waals surface area contributed by atoms with Gasteiger partial charge in [-0.1, -0.05) is 12.6 Å². The van der Waals surface area contributed by atoms with Crippen LogP contribution in [0.2, 0.25) is 0 Å². The third kappa shape index (κ3) is 4.24. The Morgan fingerprint density at radius 2 is 1.92 bits per heavy atom. The average Bonchev–Trinajstić information content (AvgIpc) is 2.97. The Morgan fingerprint density at radius 3 is 2.56 bits per heavy atom. The largest absolute Gasteiger partial charge is 0.391 e. The number of anilines is 1. The van der Waals surface area contributed by atoms with Gasteiger partial charge in [0.05, 0.1) is 18.1 Å². The number of hydrogen-bond acceptors (Lipinski definition) is 2. The Kier molecular flexibility index (Phi) is 5.18. The molecule has 1 atom stereocenters. The van der Waals surface area contributed by atoms with Gasteiger partial charge in [-0.3, -0.25) is 4.79 Å². The van der Waals surface area contributed by atoms with Gasteiger partial charge in [0.1, 0.15) is 0 Å². The zero-order chi connectivity index (χ0) is 18.0. The van der Waals surface area contributed by atoms with Crippen molar-refractivity contribution in [2.45, 2.75) is 56.9 Å². The smallest absolute Gasteiger partial charge is 0.370 e. The minimum Gasteiger partial charge on any atom is -0.370 e. The van der Waals surface area contributed by atoms with Crippen molar-refractivity contribution in [1.29, 1.82) is 0 Å². The molecular weight excluding hydrogens is 331 g/mol. The van der Waals surface area contributed by atoms with Crippen LogP contribution in [0.3, 0.4) is 0 Å². The molecule has 2 aliphatic rings. The van der Waals surface area contributed by atoms with E-state index >= 15 is 0 Å². The second-order valence-electron chi connectivity index (χ2n) is 6.79. The maximum Gasteiger partial charge on any atom is 0.391 e. The number of carbonyl (C=O) groups excluding carboxylic acids is 1. The van der Waals surface area contributed by atoms with Gasteiger partial charge in [-0.25, -0.2) is 0 Å². The van der Waals surface area contributed by atoms with E-state index in [0.717, 1.165) is 18.4 Å². The van der Waals surface area contributed by atoms with Crippen LogP contribution in [-0.4, -0.2) is 18.2 Å². The van der Waals surface area contributed by atoms with Crippen LogP contribution < -0.4 is 5.32 Å². The van der Waals surface area contributed by atoms with E-state index in [2.05, 4.69) is 11.9 Å². The lowest BCUT2D eigenvalue weighted by Gasteiger charge is -2.31. The number of carbonyl (C=O) groups is 1. The molecule has 1 N–H and O–H groups in total. The van der Waals surface area contributed by atoms with Crippen molar-refractivity contribution >= 4 is 11.6 Å². The molecule has 3 nitrogen and oxygen atoms in total. The predicted octanol–water partition coefficient (Wildman–Crippen LogP) is 4.94. The molecule has 6 heteroatoms. The van der Waals surface area contributed by atoms with Gasteiger partial charge in [0.15, 0.2) is 0 Å². The summed E-state index contributed by atoms with van der Waals surface area (Å²) >= 11 is 0. The molecule has 1 aromatic rings. The summed E-state index contributed by atoms with van der Waals surface area (Å²) in [7, 11) is 0. The second-order valence-corrected chi connectivity index (χ2v) is 6.79. The zero-order valence-corrected chi connectivity index (χ0v) is 13.9. The first-order valence-electron chi connectivity index (χ1n) is 8.65. The summed E-state index contributed by atoms with van der Waals surface area (Å²) in [5.74, 6) is -1.47. The number of hydrogen-bond donors (Lipinski definition) is 1. The van der Waals surface area contributed by atoms with Crippen LogP contribution in [0.5, 0.6) is 0 Å². The van der Waals surface area contributed by atoms with E-state index < -0.39 is 12.1 Å². The first-order valence-corrected chi connectivity index (χ1v) is 8.65. The van der Waals surface area contributed by atoms with Crippen LogP contribution >= 0.6 is 0 Å². The van der Waals surface area contributed by atoms with Gasteiger partial charge in [-0.15, -0.1) is 0 Å². The van der Waals surface area contributed by atoms with E-state index in [1.54, 1.807) is 0 Å². The van der Waals surface area contributed by atoms with E-state index in [1.807, 2.05) is 18.2 Å². The standard InChI is InChI=1S/C19H22F3NO2/c1-2-18(24)23-14-7-3-12-4-10-17(16(12)11-14)25-15-8-5-13(6-9-15)19(20,21)22/h2-3,7,11,13,15,17H,1,4-6,8-10H2,(H,23,24). The van der Waals surface area contributed by atoms with Gasteiger partial charge >= 0.3 is 6.18 Å². The highest BCUT2D eigenvalue weighted by atomic mass is 19.4. The summed E-state index contributed by atoms with van der Waals surface area (Å²) in [6.07, 6.45) is -0.230. The number of rotatable bonds is 4. The first-order chi connectivity index (χ1) is 11.9. The van der Waals surface area contributed by atoms with E-state index in [-0.39, 0.29) is 31.0 Å². The van der Waals surface area contributed by atoms with Crippen LogP contribution in [0.25, 0.3) is 0 Å². The van der Waals surface area contributed by atoms with E-state index in [1.165, 1.54) is 11.6 Å². The zero-order valence-electron chi connectivity index (χ0n) is 13.9. The maximum atomic E-state index is 12.8. The highest BCUT2D eigenvalue weighted by Gasteiger charge is 2.42. The maximum absolute atomic E-state index is 12.8. The van der Waals surface area contributed by atoms with Crippen molar-refractivity contribution in [3.05, 3.63) is 42.0 Å². The molecule has 0 spiro atoms. The SMILES string of the molecule is C=CC(=O)Nc1ccc2c(c1)C(OC1CCC(C(F)(F)F)CC1)CC2. The molecule has 1 amide bonds. The van der Waals surface area contributed by atoms with Crippen molar-refractivity contribution < 1.29 is 22.7 Å². The van der Waals surface area contributed by atoms with Crippen molar-refractivity contribution in [2.75, 3.05) is 5.32 Å². The third-order valence-electron chi connectivity index (χ3n) is 5.12. The molecule has 1 fully saturated rings. The monoisotopic (exact) mass is 353 g/mol. The molecular formula is C19H22F3NO2. The molecule has 0 aliphatic heterocycles. The van der Waals surface area contributed by atoms with Gasteiger partial charge < -0.3 is 10.1 Å². The summed E-state index contributed by atoms with van der Waals surface area (Å²) in [6, 6.07) is 5.71. The summed E-state index contributed by atoms with van der Waals surface area (Å²) in [5, 5.41) is 2.73. The Balaban J connectivity index is 1.62. The van der Waals surface area contributed by atoms with Crippen molar-refractivity contribution in [3.8, 4) is 0 Å². The summed E-state index contributed by atoms with van der Waals surface area (Å²) in [4.78, 5) is 11.4. The first kappa shape index (κ1) is 18.0. The Bertz CT molecular complexity index is 649. The number of benzene rings is 1. The summed E-state index contributed by atoms with van der Waals surface area (Å²) in [5.41, 5.74) is 2.88. The Labute approximate surface area is 145 Å². The fraction of sp³-hybridized carbons (Fsp3) is 0.526. The molecule has 1 aromatic carbocycles. The fourth-order valence-corrected chi connectivity index (χ4v) is 3.74. The number of aryl methyl sites for hydroxylation is 1. The van der Waals surface area contributed by atoms with Crippen LogP contribution in [0.15, 0.2) is 30.9 Å². The number of nitrogens with one attached hydrogen (secondary N) is 1. The quantitative estimate of drug-likeness (QED) is 0.779. The van der Waals surface area contributed by atoms with Crippen molar-refractivity contribution in [3.63, 3.8) is 0 Å². The average molecular weight is 353 g/mol. The van der Waals surface area contributed by atoms with Gasteiger partial charge in [0.2, 0.25) is 5.91 Å². The van der Waals surface area contributed by atoms with E-state index in [4.69, 9.17) is 4.74 Å². The minimum absolute atomic E-state index is 0.108. The number of alkyl halides is 3. The molecule has 0 heterocycles. The van der Waals surface area contributed by atoms with Crippen LogP contribution in [0, 0.1) is 5.92 Å². The lowest BCUT2D eigenvalue weighted by atomic mass is 9.87. The molecule has 0 bridgehead atoms. The molecule has 1 saturated carbocycles. The molecule has 1 unspecified atom stereocenters. The summed E-state index contributed by atoms with van der Waals surface area (Å²) < 4.78 is 44.4. The fourth-order valence-electron chi connectivity index (χ4n) is 3.74. The normalized spacial score (nSPS) is 26.1. The minimum atomic E-state index is -4.09. The molecule has 136 valence electrons. The van der Waals surface area contributed by atoms with Gasteiger partial charge in [-0.05, 0) is 67.9 Å². The molecule has 0 radical (unpaired) electrons. The van der Waals surface area contributed by atoms with Gasteiger partial charge in [-0.2, -0.15) is 13.2 Å². The van der Waals surface area contributed by atoms with Crippen molar-refractivity contribution in [1.82, 2.24) is 0 Å². The lowest BCUT2D eigenvalue weighted by Crippen LogP contribution is -2.31. The number of ether oxygens (including phenoxy) is 1. The highest BCUT2D eigenvalue weighted by molar-refractivity contribution is 5.98. The van der Waals surface area contributed by atoms with Crippen LogP contribution in [0.1, 0.15) is 49.3 Å². The predicted molar refractivity (Wildman–Crippen MR) is 89.2 cm³/mol. The Hall–Kier alpha value is -1.82. The van der Waals surface area contributed by atoms with E-state index in [0.29, 0.717) is 18.5 Å². The van der Waals surface area contributed by atoms with Gasteiger partial charge in [0, 0.05) is 5.69 Å². The Morgan fingerprint density at radius 1 is 1.20 bits per heavy atom. The van der Waals surface area contributed by atoms with Gasteiger partial charge in [0.25, 0.3) is 0 Å². The highest BCUT2D eigenvalue weighted by Crippen LogP contribution is 2.42.